The van der Waals surface area contributed by atoms with Gasteiger partial charge < -0.3 is 4.52 Å². The van der Waals surface area contributed by atoms with Crippen LogP contribution in [-0.2, 0) is 6.42 Å². The molecule has 0 spiro atoms. The third-order valence-electron chi connectivity index (χ3n) is 3.30. The van der Waals surface area contributed by atoms with E-state index in [0.29, 0.717) is 17.1 Å². The first-order valence-electron chi connectivity index (χ1n) is 6.66. The average molecular weight is 285 g/mol. The number of anilines is 1. The van der Waals surface area contributed by atoms with Crippen molar-refractivity contribution in [3.63, 3.8) is 0 Å². The molecule has 1 amide bonds. The summed E-state index contributed by atoms with van der Waals surface area (Å²) in [5.74, 6) is 0.0682. The summed E-state index contributed by atoms with van der Waals surface area (Å²) in [6.07, 6.45) is 5.74. The average Bonchev–Trinajstić information content (AvgIpc) is 3.02. The molecule has 0 aliphatic carbocycles. The van der Waals surface area contributed by atoms with Gasteiger partial charge in [0, 0.05) is 18.0 Å². The third-order valence-corrected chi connectivity index (χ3v) is 3.30. The third kappa shape index (κ3) is 2.26. The molecule has 0 unspecified atom stereocenters. The quantitative estimate of drug-likeness (QED) is 0.797. The Morgan fingerprint density at radius 3 is 2.95 bits per heavy atom. The van der Waals surface area contributed by atoms with Crippen molar-refractivity contribution in [2.75, 3.05) is 5.32 Å². The fourth-order valence-corrected chi connectivity index (χ4v) is 2.20. The van der Waals surface area contributed by atoms with Crippen LogP contribution in [-0.4, -0.2) is 25.7 Å². The molecule has 0 saturated carbocycles. The Bertz CT molecular complexity index is 818. The van der Waals surface area contributed by atoms with Gasteiger partial charge in [0.25, 0.3) is 5.91 Å². The molecular formula is C14H15N5O2. The Labute approximate surface area is 121 Å². The number of hydrogen-bond acceptors (Lipinski definition) is 5. The maximum absolute atomic E-state index is 12.4. The van der Waals surface area contributed by atoms with E-state index in [1.807, 2.05) is 27.0 Å². The van der Waals surface area contributed by atoms with Crippen LogP contribution in [0.2, 0.25) is 0 Å². The first-order valence-corrected chi connectivity index (χ1v) is 6.66. The van der Waals surface area contributed by atoms with Crippen LogP contribution in [0.5, 0.6) is 0 Å². The van der Waals surface area contributed by atoms with E-state index in [1.165, 1.54) is 6.20 Å². The zero-order valence-electron chi connectivity index (χ0n) is 12.0. The van der Waals surface area contributed by atoms with Crippen molar-refractivity contribution in [2.45, 2.75) is 27.2 Å². The smallest absolute Gasteiger partial charge is 0.263 e. The highest BCUT2D eigenvalue weighted by Gasteiger charge is 2.18. The first kappa shape index (κ1) is 13.3. The predicted octanol–water partition coefficient (Wildman–Crippen LogP) is 2.15. The van der Waals surface area contributed by atoms with Crippen LogP contribution in [0.1, 0.15) is 34.1 Å². The number of aromatic nitrogens is 4. The topological polar surface area (TPSA) is 85.3 Å². The summed E-state index contributed by atoms with van der Waals surface area (Å²) in [5.41, 5.74) is 3.54. The van der Waals surface area contributed by atoms with Crippen LogP contribution >= 0.6 is 0 Å². The van der Waals surface area contributed by atoms with Crippen LogP contribution in [0, 0.1) is 13.8 Å². The molecule has 0 aromatic carbocycles. The number of aryl methyl sites for hydroxylation is 2. The van der Waals surface area contributed by atoms with Crippen LogP contribution in [0.25, 0.3) is 5.65 Å². The maximum Gasteiger partial charge on any atom is 0.263 e. The Balaban J connectivity index is 1.94. The number of hydrogen-bond donors (Lipinski definition) is 1. The summed E-state index contributed by atoms with van der Waals surface area (Å²) in [5, 5.41) is 10.7. The maximum atomic E-state index is 12.4. The van der Waals surface area contributed by atoms with Crippen molar-refractivity contribution < 1.29 is 9.32 Å². The molecule has 1 N–H and O–H groups in total. The fourth-order valence-electron chi connectivity index (χ4n) is 2.20. The number of nitrogens with zero attached hydrogens (tertiary/aromatic N) is 4. The SMILES string of the molecule is CCc1c(C)noc1NC(=O)c1cnn2cc(C)cnc12. The number of carbonyl (C=O) groups excluding carboxylic acids is 1. The van der Waals surface area contributed by atoms with Gasteiger partial charge >= 0.3 is 0 Å². The molecule has 3 aromatic rings. The minimum atomic E-state index is -0.313. The van der Waals surface area contributed by atoms with Crippen LogP contribution in [0.15, 0.2) is 23.1 Å². The van der Waals surface area contributed by atoms with E-state index in [-0.39, 0.29) is 5.91 Å². The second-order valence-corrected chi connectivity index (χ2v) is 4.84. The van der Waals surface area contributed by atoms with Gasteiger partial charge in [0.05, 0.1) is 11.9 Å². The molecule has 0 aliphatic heterocycles. The molecule has 108 valence electrons. The predicted molar refractivity (Wildman–Crippen MR) is 76.3 cm³/mol. The molecule has 0 bridgehead atoms. The number of fused-ring (bicyclic) bond motifs is 1. The minimum absolute atomic E-state index is 0.313. The van der Waals surface area contributed by atoms with E-state index in [9.17, 15) is 4.79 Å². The Morgan fingerprint density at radius 1 is 1.38 bits per heavy atom. The standard InChI is InChI=1S/C14H15N5O2/c1-4-10-9(3)18-21-14(10)17-13(20)11-6-16-19-7-8(2)5-15-12(11)19/h5-7H,4H2,1-3H3,(H,17,20). The van der Waals surface area contributed by atoms with Gasteiger partial charge in [0.15, 0.2) is 5.65 Å². The van der Waals surface area contributed by atoms with Gasteiger partial charge in [-0.1, -0.05) is 12.1 Å². The van der Waals surface area contributed by atoms with Gasteiger partial charge in [0.2, 0.25) is 5.88 Å². The largest absolute Gasteiger partial charge is 0.338 e. The van der Waals surface area contributed by atoms with E-state index >= 15 is 0 Å². The Morgan fingerprint density at radius 2 is 2.19 bits per heavy atom. The van der Waals surface area contributed by atoms with E-state index in [1.54, 1.807) is 10.7 Å². The second-order valence-electron chi connectivity index (χ2n) is 4.84. The van der Waals surface area contributed by atoms with Gasteiger partial charge in [-0.05, 0) is 25.8 Å². The Hall–Kier alpha value is -2.70. The van der Waals surface area contributed by atoms with E-state index in [2.05, 4.69) is 20.6 Å². The summed E-state index contributed by atoms with van der Waals surface area (Å²) in [7, 11) is 0. The first-order chi connectivity index (χ1) is 10.1. The van der Waals surface area contributed by atoms with Crippen molar-refractivity contribution >= 4 is 17.4 Å². The highest BCUT2D eigenvalue weighted by atomic mass is 16.5. The van der Waals surface area contributed by atoms with Gasteiger partial charge in [-0.15, -0.1) is 0 Å². The van der Waals surface area contributed by atoms with Crippen molar-refractivity contribution in [3.8, 4) is 0 Å². The zero-order valence-corrected chi connectivity index (χ0v) is 12.0. The molecule has 0 atom stereocenters. The van der Waals surface area contributed by atoms with Gasteiger partial charge in [-0.3, -0.25) is 10.1 Å². The molecule has 3 rings (SSSR count). The van der Waals surface area contributed by atoms with Crippen LogP contribution < -0.4 is 5.32 Å². The lowest BCUT2D eigenvalue weighted by molar-refractivity contribution is 0.102. The summed E-state index contributed by atoms with van der Waals surface area (Å²) < 4.78 is 6.74. The van der Waals surface area contributed by atoms with Crippen molar-refractivity contribution in [2.24, 2.45) is 0 Å². The molecule has 0 fully saturated rings. The van der Waals surface area contributed by atoms with Crippen LogP contribution in [0.3, 0.4) is 0 Å². The van der Waals surface area contributed by atoms with Gasteiger partial charge in [-0.2, -0.15) is 5.10 Å². The van der Waals surface area contributed by atoms with E-state index in [4.69, 9.17) is 4.52 Å². The molecule has 3 aromatic heterocycles. The van der Waals surface area contributed by atoms with Gasteiger partial charge in [0.1, 0.15) is 5.56 Å². The lowest BCUT2D eigenvalue weighted by Crippen LogP contribution is -2.12. The molecule has 0 radical (unpaired) electrons. The lowest BCUT2D eigenvalue weighted by atomic mass is 10.2. The molecule has 0 aliphatic rings. The lowest BCUT2D eigenvalue weighted by Gasteiger charge is -2.02. The molecular weight excluding hydrogens is 270 g/mol. The number of nitrogens with one attached hydrogen (secondary N) is 1. The second kappa shape index (κ2) is 5.01. The number of carbonyl (C=O) groups is 1. The Kier molecular flexibility index (Phi) is 3.17. The van der Waals surface area contributed by atoms with Crippen molar-refractivity contribution in [1.29, 1.82) is 0 Å². The summed E-state index contributed by atoms with van der Waals surface area (Å²) >= 11 is 0. The van der Waals surface area contributed by atoms with E-state index in [0.717, 1.165) is 23.2 Å². The molecule has 7 heteroatoms. The minimum Gasteiger partial charge on any atom is -0.338 e. The van der Waals surface area contributed by atoms with Crippen molar-refractivity contribution in [3.05, 3.63) is 41.0 Å². The number of rotatable bonds is 3. The molecule has 21 heavy (non-hydrogen) atoms. The highest BCUT2D eigenvalue weighted by molar-refractivity contribution is 6.07. The molecule has 0 saturated heterocycles. The van der Waals surface area contributed by atoms with Crippen LogP contribution in [0.4, 0.5) is 5.88 Å². The fraction of sp³-hybridized carbons (Fsp3) is 0.286. The monoisotopic (exact) mass is 285 g/mol. The van der Waals surface area contributed by atoms with E-state index < -0.39 is 0 Å². The van der Waals surface area contributed by atoms with Gasteiger partial charge in [-0.25, -0.2) is 9.50 Å². The molecule has 7 nitrogen and oxygen atoms in total. The van der Waals surface area contributed by atoms with Crippen molar-refractivity contribution in [1.82, 2.24) is 19.8 Å². The highest BCUT2D eigenvalue weighted by Crippen LogP contribution is 2.21. The molecule has 3 heterocycles. The summed E-state index contributed by atoms with van der Waals surface area (Å²) in [6, 6.07) is 0. The zero-order chi connectivity index (χ0) is 15.0. The number of amides is 1. The summed E-state index contributed by atoms with van der Waals surface area (Å²) in [6.45, 7) is 5.74. The normalized spacial score (nSPS) is 11.0. The summed E-state index contributed by atoms with van der Waals surface area (Å²) in [4.78, 5) is 16.6.